The van der Waals surface area contributed by atoms with Crippen molar-refractivity contribution >= 4 is 17.5 Å². The van der Waals surface area contributed by atoms with Crippen molar-refractivity contribution in [2.75, 3.05) is 32.6 Å². The molecule has 0 unspecified atom stereocenters. The highest BCUT2D eigenvalue weighted by Crippen LogP contribution is 2.33. The Kier molecular flexibility index (Phi) is 5.74. The number of nitrogens with one attached hydrogen (secondary N) is 2. The molecule has 0 fully saturated rings. The average Bonchev–Trinajstić information content (AvgIpc) is 3.08. The molecule has 0 radical (unpaired) electrons. The molecular weight excluding hydrogens is 380 g/mol. The lowest BCUT2D eigenvalue weighted by Gasteiger charge is -2.13. The van der Waals surface area contributed by atoms with Crippen molar-refractivity contribution in [3.8, 4) is 11.3 Å². The summed E-state index contributed by atoms with van der Waals surface area (Å²) in [6.07, 6.45) is 2.28. The van der Waals surface area contributed by atoms with Gasteiger partial charge >= 0.3 is 0 Å². The Balaban J connectivity index is 1.73. The SMILES string of the molecule is CN(C)CC(=O)Nc1cc(-c2[nH]c3c(c2Cc2ccccc2)C(=O)COC3)ccn1. The lowest BCUT2D eigenvalue weighted by molar-refractivity contribution is -0.116. The van der Waals surface area contributed by atoms with Crippen LogP contribution >= 0.6 is 0 Å². The van der Waals surface area contributed by atoms with Gasteiger partial charge in [-0.15, -0.1) is 0 Å². The first kappa shape index (κ1) is 20.0. The Labute approximate surface area is 175 Å². The number of rotatable bonds is 6. The molecule has 7 heteroatoms. The van der Waals surface area contributed by atoms with Gasteiger partial charge in [0.05, 0.1) is 24.5 Å². The molecule has 0 spiro atoms. The number of carbonyl (C=O) groups is 2. The van der Waals surface area contributed by atoms with Gasteiger partial charge < -0.3 is 19.9 Å². The van der Waals surface area contributed by atoms with Crippen LogP contribution in [0.4, 0.5) is 5.82 Å². The third kappa shape index (κ3) is 4.32. The van der Waals surface area contributed by atoms with E-state index in [4.69, 9.17) is 4.74 Å². The van der Waals surface area contributed by atoms with Crippen LogP contribution in [0.5, 0.6) is 0 Å². The summed E-state index contributed by atoms with van der Waals surface area (Å²) in [6, 6.07) is 13.7. The highest BCUT2D eigenvalue weighted by Gasteiger charge is 2.27. The van der Waals surface area contributed by atoms with Crippen molar-refractivity contribution in [1.82, 2.24) is 14.9 Å². The fraction of sp³-hybridized carbons (Fsp3) is 0.261. The number of hydrogen-bond acceptors (Lipinski definition) is 5. The minimum atomic E-state index is -0.136. The number of ether oxygens (including phenoxy) is 1. The molecule has 2 N–H and O–H groups in total. The molecule has 4 rings (SSSR count). The lowest BCUT2D eigenvalue weighted by atomic mass is 9.95. The van der Waals surface area contributed by atoms with Crippen LogP contribution in [0.3, 0.4) is 0 Å². The summed E-state index contributed by atoms with van der Waals surface area (Å²) >= 11 is 0. The first-order chi connectivity index (χ1) is 14.5. The van der Waals surface area contributed by atoms with E-state index in [9.17, 15) is 9.59 Å². The van der Waals surface area contributed by atoms with E-state index in [1.807, 2.05) is 56.6 Å². The molecule has 7 nitrogen and oxygen atoms in total. The number of fused-ring (bicyclic) bond motifs is 1. The van der Waals surface area contributed by atoms with Crippen LogP contribution in [0.25, 0.3) is 11.3 Å². The first-order valence-electron chi connectivity index (χ1n) is 9.81. The van der Waals surface area contributed by atoms with E-state index in [0.717, 1.165) is 33.6 Å². The number of pyridine rings is 1. The van der Waals surface area contributed by atoms with E-state index >= 15 is 0 Å². The van der Waals surface area contributed by atoms with Gasteiger partial charge in [-0.1, -0.05) is 30.3 Å². The number of aromatic amines is 1. The molecule has 0 atom stereocenters. The molecule has 3 heterocycles. The molecule has 1 aliphatic heterocycles. The fourth-order valence-electron chi connectivity index (χ4n) is 3.71. The van der Waals surface area contributed by atoms with Gasteiger partial charge in [0.2, 0.25) is 5.91 Å². The molecule has 0 saturated carbocycles. The van der Waals surface area contributed by atoms with Gasteiger partial charge in [0.25, 0.3) is 0 Å². The Hall–Kier alpha value is -3.29. The molecule has 1 aromatic carbocycles. The Morgan fingerprint density at radius 3 is 2.77 bits per heavy atom. The largest absolute Gasteiger partial charge is 0.367 e. The van der Waals surface area contributed by atoms with Crippen LogP contribution in [0.2, 0.25) is 0 Å². The van der Waals surface area contributed by atoms with Crippen LogP contribution < -0.4 is 5.32 Å². The quantitative estimate of drug-likeness (QED) is 0.660. The normalized spacial score (nSPS) is 13.4. The minimum Gasteiger partial charge on any atom is -0.367 e. The van der Waals surface area contributed by atoms with Crippen LogP contribution in [0.15, 0.2) is 48.7 Å². The predicted molar refractivity (Wildman–Crippen MR) is 114 cm³/mol. The van der Waals surface area contributed by atoms with E-state index in [0.29, 0.717) is 18.8 Å². The zero-order valence-corrected chi connectivity index (χ0v) is 17.1. The number of aromatic nitrogens is 2. The van der Waals surface area contributed by atoms with Crippen molar-refractivity contribution in [3.05, 3.63) is 71.0 Å². The maximum Gasteiger partial charge on any atom is 0.239 e. The number of likely N-dealkylation sites (N-methyl/N-ethyl adjacent to an activating group) is 1. The molecule has 0 saturated heterocycles. The number of H-pyrrole nitrogens is 1. The number of Topliss-reactive ketones (excluding diaryl/α,β-unsaturated/α-hetero) is 1. The van der Waals surface area contributed by atoms with Gasteiger partial charge in [-0.25, -0.2) is 4.98 Å². The standard InChI is InChI=1S/C23H24N4O3/c1-27(2)12-21(29)26-20-11-16(8-9-24-20)23-17(10-15-6-4-3-5-7-15)22-18(25-23)13-30-14-19(22)28/h3-9,11,25H,10,12-14H2,1-2H3,(H,24,26,29). The smallest absolute Gasteiger partial charge is 0.239 e. The summed E-state index contributed by atoms with van der Waals surface area (Å²) in [7, 11) is 3.67. The van der Waals surface area contributed by atoms with Crippen molar-refractivity contribution in [3.63, 3.8) is 0 Å². The molecule has 0 aliphatic carbocycles. The number of hydrogen-bond donors (Lipinski definition) is 2. The molecule has 3 aromatic rings. The van der Waals surface area contributed by atoms with Gasteiger partial charge in [0, 0.05) is 23.7 Å². The molecule has 154 valence electrons. The lowest BCUT2D eigenvalue weighted by Crippen LogP contribution is -2.27. The second kappa shape index (κ2) is 8.61. The molecule has 0 bridgehead atoms. The van der Waals surface area contributed by atoms with Crippen LogP contribution in [0, 0.1) is 0 Å². The fourth-order valence-corrected chi connectivity index (χ4v) is 3.71. The van der Waals surface area contributed by atoms with Crippen molar-refractivity contribution in [1.29, 1.82) is 0 Å². The maximum atomic E-state index is 12.6. The monoisotopic (exact) mass is 404 g/mol. The zero-order chi connectivity index (χ0) is 21.1. The van der Waals surface area contributed by atoms with Gasteiger partial charge in [-0.05, 0) is 37.4 Å². The van der Waals surface area contributed by atoms with Gasteiger partial charge in [0.15, 0.2) is 5.78 Å². The topological polar surface area (TPSA) is 87.3 Å². The summed E-state index contributed by atoms with van der Waals surface area (Å²) in [5.41, 5.74) is 5.29. The summed E-state index contributed by atoms with van der Waals surface area (Å²) < 4.78 is 5.42. The number of anilines is 1. The highest BCUT2D eigenvalue weighted by atomic mass is 16.5. The molecule has 1 aliphatic rings. The third-order valence-electron chi connectivity index (χ3n) is 4.94. The number of ketones is 1. The van der Waals surface area contributed by atoms with Crippen LogP contribution in [-0.2, 0) is 22.6 Å². The van der Waals surface area contributed by atoms with E-state index in [1.165, 1.54) is 0 Å². The van der Waals surface area contributed by atoms with Gasteiger partial charge in [-0.3, -0.25) is 9.59 Å². The Bertz CT molecular complexity index is 1070. The number of amides is 1. The summed E-state index contributed by atoms with van der Waals surface area (Å²) in [4.78, 5) is 34.2. The second-order valence-corrected chi connectivity index (χ2v) is 7.63. The van der Waals surface area contributed by atoms with E-state index in [2.05, 4.69) is 15.3 Å². The van der Waals surface area contributed by atoms with Crippen molar-refractivity contribution in [2.24, 2.45) is 0 Å². The van der Waals surface area contributed by atoms with Crippen LogP contribution in [0.1, 0.15) is 27.2 Å². The first-order valence-corrected chi connectivity index (χ1v) is 9.81. The number of benzene rings is 1. The van der Waals surface area contributed by atoms with Gasteiger partial charge in [-0.2, -0.15) is 0 Å². The van der Waals surface area contributed by atoms with E-state index in [1.54, 1.807) is 11.1 Å². The van der Waals surface area contributed by atoms with Crippen LogP contribution in [-0.4, -0.2) is 53.8 Å². The van der Waals surface area contributed by atoms with Crippen molar-refractivity contribution in [2.45, 2.75) is 13.0 Å². The predicted octanol–water partition coefficient (Wildman–Crippen LogP) is 2.88. The Morgan fingerprint density at radius 1 is 1.20 bits per heavy atom. The highest BCUT2D eigenvalue weighted by molar-refractivity contribution is 6.02. The number of carbonyl (C=O) groups excluding carboxylic acids is 2. The minimum absolute atomic E-state index is 0.0155. The average molecular weight is 404 g/mol. The van der Waals surface area contributed by atoms with Gasteiger partial charge in [0.1, 0.15) is 12.4 Å². The van der Waals surface area contributed by atoms with Crippen molar-refractivity contribution < 1.29 is 14.3 Å². The zero-order valence-electron chi connectivity index (χ0n) is 17.1. The number of nitrogens with zero attached hydrogens (tertiary/aromatic N) is 2. The molecule has 1 amide bonds. The summed E-state index contributed by atoms with van der Waals surface area (Å²) in [6.45, 7) is 0.739. The Morgan fingerprint density at radius 2 is 2.00 bits per heavy atom. The summed E-state index contributed by atoms with van der Waals surface area (Å²) in [5.74, 6) is 0.321. The summed E-state index contributed by atoms with van der Waals surface area (Å²) in [5, 5.41) is 2.83. The molecule has 2 aromatic heterocycles. The van der Waals surface area contributed by atoms with E-state index < -0.39 is 0 Å². The molecule has 30 heavy (non-hydrogen) atoms. The maximum absolute atomic E-state index is 12.6. The second-order valence-electron chi connectivity index (χ2n) is 7.63. The van der Waals surface area contributed by atoms with E-state index in [-0.39, 0.29) is 24.8 Å². The third-order valence-corrected chi connectivity index (χ3v) is 4.94. The molecular formula is C23H24N4O3.